The molecule has 6 N–H and O–H groups in total. The Morgan fingerprint density at radius 3 is 2.45 bits per heavy atom. The summed E-state index contributed by atoms with van der Waals surface area (Å²) < 4.78 is 48.9. The van der Waals surface area contributed by atoms with Crippen LogP contribution in [0.4, 0.5) is 0 Å². The molecular formula is C15H24N2O14P2. The quantitative estimate of drug-likeness (QED) is 0.210. The number of hydrogen-bond acceptors (Lipinski definition) is 12. The third-order valence-corrected chi connectivity index (χ3v) is 7.56. The highest BCUT2D eigenvalue weighted by Crippen LogP contribution is 2.61. The van der Waals surface area contributed by atoms with Crippen LogP contribution < -0.4 is 11.2 Å². The molecule has 2 aliphatic heterocycles. The lowest BCUT2D eigenvalue weighted by molar-refractivity contribution is -0.185. The first kappa shape index (κ1) is 26.3. The standard InChI is InChI=1S/C15H24N2O14P2/c1-7-8(18)2-3-11(28-7)30-33(25,26)31-32(23,24)27-6-9-12(20)13(21)14(29-9)17-5-4-10(19)16-15(17)22/h4-5,7-9,11-14,18,20-21H,2-3,6H2,1H3,(H,23,24)(H,25,26)(H,16,19,22)/t7-,8-,9+,11?,12+,13+,14+/m0/s1. The summed E-state index contributed by atoms with van der Waals surface area (Å²) in [5.74, 6) is 0. The smallest absolute Gasteiger partial charge is 0.390 e. The molecule has 0 aromatic carbocycles. The van der Waals surface area contributed by atoms with E-state index in [1.54, 1.807) is 0 Å². The van der Waals surface area contributed by atoms with Gasteiger partial charge in [0.05, 0.1) is 18.8 Å². The van der Waals surface area contributed by atoms with Gasteiger partial charge in [-0.15, -0.1) is 0 Å². The van der Waals surface area contributed by atoms with Crippen molar-refractivity contribution in [2.24, 2.45) is 0 Å². The number of aliphatic hydroxyl groups excluding tert-OH is 3. The maximum atomic E-state index is 12.1. The van der Waals surface area contributed by atoms with E-state index in [9.17, 15) is 43.8 Å². The highest BCUT2D eigenvalue weighted by Gasteiger charge is 2.46. The van der Waals surface area contributed by atoms with Gasteiger partial charge in [-0.25, -0.2) is 13.9 Å². The fourth-order valence-electron chi connectivity index (χ4n) is 3.23. The first-order chi connectivity index (χ1) is 15.3. The van der Waals surface area contributed by atoms with Crippen molar-refractivity contribution in [2.75, 3.05) is 6.61 Å². The fourth-order valence-corrected chi connectivity index (χ4v) is 5.40. The van der Waals surface area contributed by atoms with Crippen molar-refractivity contribution in [3.8, 4) is 0 Å². The number of nitrogens with zero attached hydrogens (tertiary/aromatic N) is 1. The summed E-state index contributed by atoms with van der Waals surface area (Å²) >= 11 is 0. The van der Waals surface area contributed by atoms with E-state index in [4.69, 9.17) is 14.0 Å². The van der Waals surface area contributed by atoms with Gasteiger partial charge in [0.1, 0.15) is 18.3 Å². The molecule has 0 radical (unpaired) electrons. The number of rotatable bonds is 8. The molecule has 2 saturated heterocycles. The van der Waals surface area contributed by atoms with Gasteiger partial charge in [0.15, 0.2) is 12.5 Å². The number of hydrogen-bond donors (Lipinski definition) is 6. The Labute approximate surface area is 185 Å². The van der Waals surface area contributed by atoms with Crippen LogP contribution in [0.5, 0.6) is 0 Å². The van der Waals surface area contributed by atoms with Crippen LogP contribution in [0.2, 0.25) is 0 Å². The van der Waals surface area contributed by atoms with Crippen LogP contribution in [0.15, 0.2) is 21.9 Å². The fraction of sp³-hybridized carbons (Fsp3) is 0.733. The third kappa shape index (κ3) is 6.66. The molecule has 16 nitrogen and oxygen atoms in total. The Kier molecular flexibility index (Phi) is 8.11. The van der Waals surface area contributed by atoms with Gasteiger partial charge in [-0.1, -0.05) is 0 Å². The van der Waals surface area contributed by atoms with Gasteiger partial charge < -0.3 is 34.6 Å². The predicted molar refractivity (Wildman–Crippen MR) is 105 cm³/mol. The third-order valence-electron chi connectivity index (χ3n) is 4.93. The molecule has 3 heterocycles. The number of phosphoric acid groups is 2. The van der Waals surface area contributed by atoms with Crippen LogP contribution >= 0.6 is 15.6 Å². The molecule has 2 aliphatic rings. The van der Waals surface area contributed by atoms with Crippen LogP contribution in [0.25, 0.3) is 0 Å². The van der Waals surface area contributed by atoms with Crippen LogP contribution in [-0.2, 0) is 32.0 Å². The summed E-state index contributed by atoms with van der Waals surface area (Å²) in [4.78, 5) is 44.5. The molecule has 0 spiro atoms. The number of phosphoric ester groups is 2. The number of aliphatic hydroxyl groups is 3. The number of H-pyrrole nitrogens is 1. The maximum absolute atomic E-state index is 12.1. The molecule has 3 unspecified atom stereocenters. The minimum atomic E-state index is -5.25. The van der Waals surface area contributed by atoms with Gasteiger partial charge in [0.25, 0.3) is 5.56 Å². The van der Waals surface area contributed by atoms with Crippen molar-refractivity contribution in [3.05, 3.63) is 33.1 Å². The predicted octanol–water partition coefficient (Wildman–Crippen LogP) is -1.71. The van der Waals surface area contributed by atoms with E-state index in [-0.39, 0.29) is 12.8 Å². The molecule has 1 aromatic rings. The summed E-state index contributed by atoms with van der Waals surface area (Å²) in [7, 11) is -10.4. The minimum absolute atomic E-state index is 0.0154. The van der Waals surface area contributed by atoms with Gasteiger partial charge in [-0.05, 0) is 13.3 Å². The van der Waals surface area contributed by atoms with E-state index < -0.39 is 76.5 Å². The zero-order valence-corrected chi connectivity index (χ0v) is 18.9. The van der Waals surface area contributed by atoms with Gasteiger partial charge in [-0.3, -0.25) is 23.4 Å². The number of nitrogens with one attached hydrogen (secondary N) is 1. The zero-order chi connectivity index (χ0) is 24.6. The van der Waals surface area contributed by atoms with E-state index in [0.717, 1.165) is 16.8 Å². The minimum Gasteiger partial charge on any atom is -0.390 e. The Hall–Kier alpha value is -1.26. The van der Waals surface area contributed by atoms with E-state index in [2.05, 4.69) is 8.83 Å². The molecule has 33 heavy (non-hydrogen) atoms. The molecule has 9 atom stereocenters. The largest absolute Gasteiger partial charge is 0.483 e. The van der Waals surface area contributed by atoms with E-state index >= 15 is 0 Å². The molecule has 18 heteroatoms. The molecule has 188 valence electrons. The van der Waals surface area contributed by atoms with Crippen LogP contribution in [-0.4, -0.2) is 78.1 Å². The summed E-state index contributed by atoms with van der Waals surface area (Å²) in [6, 6.07) is 0.972. The van der Waals surface area contributed by atoms with E-state index in [0.29, 0.717) is 0 Å². The normalized spacial score (nSPS) is 36.2. The van der Waals surface area contributed by atoms with E-state index in [1.165, 1.54) is 6.92 Å². The highest BCUT2D eigenvalue weighted by molar-refractivity contribution is 7.61. The van der Waals surface area contributed by atoms with Crippen molar-refractivity contribution >= 4 is 15.6 Å². The maximum Gasteiger partial charge on any atom is 0.483 e. The summed E-state index contributed by atoms with van der Waals surface area (Å²) in [5.41, 5.74) is -1.65. The highest BCUT2D eigenvalue weighted by atomic mass is 31.3. The topological polar surface area (TPSA) is 236 Å². The number of aromatic amines is 1. The Morgan fingerprint density at radius 2 is 1.82 bits per heavy atom. The zero-order valence-electron chi connectivity index (χ0n) is 17.1. The number of ether oxygens (including phenoxy) is 2. The average Bonchev–Trinajstić information content (AvgIpc) is 2.97. The van der Waals surface area contributed by atoms with Crippen LogP contribution in [0.1, 0.15) is 26.0 Å². The molecular weight excluding hydrogens is 494 g/mol. The second-order valence-corrected chi connectivity index (χ2v) is 10.4. The summed E-state index contributed by atoms with van der Waals surface area (Å²) in [6.45, 7) is 0.600. The molecule has 2 fully saturated rings. The summed E-state index contributed by atoms with van der Waals surface area (Å²) in [6.07, 6.45) is -7.90. The van der Waals surface area contributed by atoms with Gasteiger partial charge in [-0.2, -0.15) is 4.31 Å². The molecule has 0 aliphatic carbocycles. The van der Waals surface area contributed by atoms with Crippen molar-refractivity contribution in [3.63, 3.8) is 0 Å². The molecule has 0 bridgehead atoms. The van der Waals surface area contributed by atoms with Crippen molar-refractivity contribution in [1.82, 2.24) is 9.55 Å². The molecule has 0 amide bonds. The van der Waals surface area contributed by atoms with Gasteiger partial charge in [0.2, 0.25) is 0 Å². The second-order valence-electron chi connectivity index (χ2n) is 7.40. The lowest BCUT2D eigenvalue weighted by atomic mass is 10.1. The Balaban J connectivity index is 1.58. The van der Waals surface area contributed by atoms with Crippen molar-refractivity contribution < 1.29 is 57.1 Å². The first-order valence-electron chi connectivity index (χ1n) is 9.64. The van der Waals surface area contributed by atoms with Crippen molar-refractivity contribution in [1.29, 1.82) is 0 Å². The molecule has 1 aromatic heterocycles. The second kappa shape index (κ2) is 10.2. The monoisotopic (exact) mass is 518 g/mol. The van der Waals surface area contributed by atoms with Crippen LogP contribution in [0.3, 0.4) is 0 Å². The van der Waals surface area contributed by atoms with Gasteiger partial charge in [0, 0.05) is 18.7 Å². The SMILES string of the molecule is C[C@@H]1OC(OP(=O)(O)OP(=O)(O)OC[C@H]2O[C@@H](n3ccc(=O)[nH]c3=O)[C@H](O)[C@@H]2O)CC[C@@H]1O. The number of aromatic nitrogens is 2. The van der Waals surface area contributed by atoms with Gasteiger partial charge >= 0.3 is 21.3 Å². The lowest BCUT2D eigenvalue weighted by Gasteiger charge is -2.32. The molecule has 0 saturated carbocycles. The summed E-state index contributed by atoms with van der Waals surface area (Å²) in [5, 5.41) is 29.8. The molecule has 3 rings (SSSR count). The average molecular weight is 518 g/mol. The first-order valence-corrected chi connectivity index (χ1v) is 12.6. The Morgan fingerprint density at radius 1 is 1.12 bits per heavy atom. The van der Waals surface area contributed by atoms with E-state index in [1.807, 2.05) is 4.98 Å². The van der Waals surface area contributed by atoms with Crippen LogP contribution in [0, 0.1) is 0 Å². The van der Waals surface area contributed by atoms with Crippen molar-refractivity contribution in [2.45, 2.75) is 62.8 Å². The lowest BCUT2D eigenvalue weighted by Crippen LogP contribution is -2.37. The Bertz CT molecular complexity index is 1040.